The van der Waals surface area contributed by atoms with Crippen molar-refractivity contribution in [2.45, 2.75) is 6.54 Å². The molecule has 3 nitrogen and oxygen atoms in total. The Kier molecular flexibility index (Phi) is 3.01. The SMILES string of the molecule is O=c1ncccn1Cc1ccc(F)cc1Cl. The molecule has 0 amide bonds. The molecule has 0 aliphatic rings. The number of hydrogen-bond acceptors (Lipinski definition) is 2. The second-order valence-electron chi connectivity index (χ2n) is 3.27. The molecule has 0 unspecified atom stereocenters. The zero-order chi connectivity index (χ0) is 11.5. The lowest BCUT2D eigenvalue weighted by molar-refractivity contribution is 0.626. The first kappa shape index (κ1) is 10.8. The molecule has 82 valence electrons. The summed E-state index contributed by atoms with van der Waals surface area (Å²) in [5, 5.41) is 0.302. The molecule has 0 bridgehead atoms. The molecule has 0 aliphatic carbocycles. The molecule has 5 heteroatoms. The van der Waals surface area contributed by atoms with E-state index < -0.39 is 5.82 Å². The highest BCUT2D eigenvalue weighted by Crippen LogP contribution is 2.17. The van der Waals surface area contributed by atoms with Crippen molar-refractivity contribution >= 4 is 11.6 Å². The zero-order valence-corrected chi connectivity index (χ0v) is 8.99. The summed E-state index contributed by atoms with van der Waals surface area (Å²) in [4.78, 5) is 14.9. The van der Waals surface area contributed by atoms with Gasteiger partial charge in [-0.05, 0) is 23.8 Å². The maximum absolute atomic E-state index is 12.8. The van der Waals surface area contributed by atoms with Crippen LogP contribution in [-0.2, 0) is 6.54 Å². The maximum Gasteiger partial charge on any atom is 0.347 e. The molecule has 0 aliphatic heterocycles. The summed E-state index contributed by atoms with van der Waals surface area (Å²) in [7, 11) is 0. The average Bonchev–Trinajstić information content (AvgIpc) is 2.25. The second-order valence-corrected chi connectivity index (χ2v) is 3.67. The Labute approximate surface area is 96.1 Å². The van der Waals surface area contributed by atoms with E-state index in [2.05, 4.69) is 4.98 Å². The molecule has 0 saturated carbocycles. The second kappa shape index (κ2) is 4.45. The Morgan fingerprint density at radius 1 is 1.44 bits per heavy atom. The Morgan fingerprint density at radius 2 is 2.25 bits per heavy atom. The molecular weight excluding hydrogens is 231 g/mol. The van der Waals surface area contributed by atoms with Crippen molar-refractivity contribution in [2.75, 3.05) is 0 Å². The van der Waals surface area contributed by atoms with E-state index in [1.54, 1.807) is 18.3 Å². The molecule has 0 radical (unpaired) electrons. The van der Waals surface area contributed by atoms with Gasteiger partial charge >= 0.3 is 5.69 Å². The third-order valence-electron chi connectivity index (χ3n) is 2.14. The fourth-order valence-electron chi connectivity index (χ4n) is 1.34. The fourth-order valence-corrected chi connectivity index (χ4v) is 1.57. The van der Waals surface area contributed by atoms with Gasteiger partial charge in [0.15, 0.2) is 0 Å². The van der Waals surface area contributed by atoms with Crippen LogP contribution in [0, 0.1) is 5.82 Å². The first-order valence-corrected chi connectivity index (χ1v) is 5.00. The quantitative estimate of drug-likeness (QED) is 0.803. The summed E-state index contributed by atoms with van der Waals surface area (Å²) in [5.74, 6) is -0.396. The van der Waals surface area contributed by atoms with E-state index >= 15 is 0 Å². The fraction of sp³-hybridized carbons (Fsp3) is 0.0909. The van der Waals surface area contributed by atoms with Gasteiger partial charge < -0.3 is 0 Å². The van der Waals surface area contributed by atoms with Gasteiger partial charge in [0.1, 0.15) is 5.82 Å². The number of halogens is 2. The van der Waals surface area contributed by atoms with Crippen molar-refractivity contribution in [3.63, 3.8) is 0 Å². The first-order valence-electron chi connectivity index (χ1n) is 4.62. The minimum Gasteiger partial charge on any atom is -0.295 e. The monoisotopic (exact) mass is 238 g/mol. The lowest BCUT2D eigenvalue weighted by Gasteiger charge is -2.06. The highest BCUT2D eigenvalue weighted by Gasteiger charge is 2.03. The van der Waals surface area contributed by atoms with E-state index in [-0.39, 0.29) is 12.2 Å². The van der Waals surface area contributed by atoms with E-state index in [9.17, 15) is 9.18 Å². The minimum absolute atomic E-state index is 0.284. The normalized spacial score (nSPS) is 10.4. The van der Waals surface area contributed by atoms with E-state index in [1.165, 1.54) is 22.9 Å². The first-order chi connectivity index (χ1) is 7.66. The van der Waals surface area contributed by atoms with Crippen LogP contribution >= 0.6 is 11.6 Å². The van der Waals surface area contributed by atoms with E-state index in [1.807, 2.05) is 0 Å². The summed E-state index contributed by atoms with van der Waals surface area (Å²) in [6.45, 7) is 0.284. The van der Waals surface area contributed by atoms with Gasteiger partial charge in [-0.15, -0.1) is 0 Å². The Balaban J connectivity index is 2.35. The largest absolute Gasteiger partial charge is 0.347 e. The molecule has 1 heterocycles. The Morgan fingerprint density at radius 3 is 2.94 bits per heavy atom. The highest BCUT2D eigenvalue weighted by atomic mass is 35.5. The Hall–Kier alpha value is -1.68. The van der Waals surface area contributed by atoms with E-state index in [0.717, 1.165) is 0 Å². The zero-order valence-electron chi connectivity index (χ0n) is 8.23. The summed E-state index contributed by atoms with van der Waals surface area (Å²) in [5.41, 5.74) is 0.320. The summed E-state index contributed by atoms with van der Waals surface area (Å²) in [6.07, 6.45) is 3.03. The maximum atomic E-state index is 12.8. The van der Waals surface area contributed by atoms with Crippen LogP contribution in [0.1, 0.15) is 5.56 Å². The van der Waals surface area contributed by atoms with Gasteiger partial charge in [0.05, 0.1) is 6.54 Å². The Bertz CT molecular complexity index is 568. The van der Waals surface area contributed by atoms with E-state index in [4.69, 9.17) is 11.6 Å². The van der Waals surface area contributed by atoms with Gasteiger partial charge in [-0.2, -0.15) is 0 Å². The molecule has 16 heavy (non-hydrogen) atoms. The number of benzene rings is 1. The molecule has 0 saturated heterocycles. The van der Waals surface area contributed by atoms with Gasteiger partial charge in [-0.1, -0.05) is 17.7 Å². The predicted molar refractivity (Wildman–Crippen MR) is 59.0 cm³/mol. The third kappa shape index (κ3) is 2.28. The standard InChI is InChI=1S/C11H8ClFN2O/c12-10-6-9(13)3-2-8(10)7-15-5-1-4-14-11(15)16/h1-6H,7H2. The van der Waals surface area contributed by atoms with Crippen LogP contribution in [0.5, 0.6) is 0 Å². The van der Waals surface area contributed by atoms with Crippen LogP contribution in [0.15, 0.2) is 41.5 Å². The van der Waals surface area contributed by atoms with Crippen LogP contribution in [0.2, 0.25) is 5.02 Å². The molecule has 0 spiro atoms. The van der Waals surface area contributed by atoms with Gasteiger partial charge in [0.2, 0.25) is 0 Å². The van der Waals surface area contributed by atoms with Gasteiger partial charge in [0.25, 0.3) is 0 Å². The van der Waals surface area contributed by atoms with Crippen molar-refractivity contribution in [1.82, 2.24) is 9.55 Å². The van der Waals surface area contributed by atoms with E-state index in [0.29, 0.717) is 10.6 Å². The summed E-state index contributed by atoms with van der Waals surface area (Å²) < 4.78 is 14.2. The smallest absolute Gasteiger partial charge is 0.295 e. The van der Waals surface area contributed by atoms with Crippen molar-refractivity contribution in [3.8, 4) is 0 Å². The van der Waals surface area contributed by atoms with Crippen LogP contribution < -0.4 is 5.69 Å². The number of rotatable bonds is 2. The lowest BCUT2D eigenvalue weighted by atomic mass is 10.2. The predicted octanol–water partition coefficient (Wildman–Crippen LogP) is 2.08. The molecule has 0 fully saturated rings. The number of aromatic nitrogens is 2. The van der Waals surface area contributed by atoms with Crippen LogP contribution in [0.25, 0.3) is 0 Å². The van der Waals surface area contributed by atoms with Crippen LogP contribution in [0.4, 0.5) is 4.39 Å². The van der Waals surface area contributed by atoms with Gasteiger partial charge in [-0.3, -0.25) is 4.57 Å². The summed E-state index contributed by atoms with van der Waals surface area (Å²) in [6, 6.07) is 5.73. The topological polar surface area (TPSA) is 34.9 Å². The number of hydrogen-bond donors (Lipinski definition) is 0. The highest BCUT2D eigenvalue weighted by molar-refractivity contribution is 6.31. The van der Waals surface area contributed by atoms with Crippen molar-refractivity contribution in [3.05, 3.63) is 63.5 Å². The van der Waals surface area contributed by atoms with Gasteiger partial charge in [-0.25, -0.2) is 14.2 Å². The molecule has 0 atom stereocenters. The molecule has 1 aromatic heterocycles. The molecule has 2 aromatic rings. The van der Waals surface area contributed by atoms with Gasteiger partial charge in [0, 0.05) is 17.4 Å². The molecule has 0 N–H and O–H groups in total. The van der Waals surface area contributed by atoms with Crippen LogP contribution in [0.3, 0.4) is 0 Å². The molecule has 1 aromatic carbocycles. The minimum atomic E-state index is -0.396. The van der Waals surface area contributed by atoms with Crippen LogP contribution in [-0.4, -0.2) is 9.55 Å². The van der Waals surface area contributed by atoms with Crippen molar-refractivity contribution in [1.29, 1.82) is 0 Å². The van der Waals surface area contributed by atoms with Crippen molar-refractivity contribution in [2.24, 2.45) is 0 Å². The average molecular weight is 239 g/mol. The summed E-state index contributed by atoms with van der Waals surface area (Å²) >= 11 is 5.86. The number of nitrogens with zero attached hydrogens (tertiary/aromatic N) is 2. The molecular formula is C11H8ClFN2O. The lowest BCUT2D eigenvalue weighted by Crippen LogP contribution is -2.22. The third-order valence-corrected chi connectivity index (χ3v) is 2.49. The van der Waals surface area contributed by atoms with Crippen molar-refractivity contribution < 1.29 is 4.39 Å². The molecule has 2 rings (SSSR count).